The number of aliphatic carboxylic acids is 1. The smallest absolute Gasteiger partial charge is 0.475 e. The average molecular weight is 414 g/mol. The first-order chi connectivity index (χ1) is 13.7. The van der Waals surface area contributed by atoms with Crippen molar-refractivity contribution in [1.82, 2.24) is 9.88 Å². The first-order valence-electron chi connectivity index (χ1n) is 9.13. The maximum absolute atomic E-state index is 12.4. The molecule has 2 bridgehead atoms. The van der Waals surface area contributed by atoms with Gasteiger partial charge in [-0.3, -0.25) is 4.90 Å². The maximum atomic E-state index is 12.4. The van der Waals surface area contributed by atoms with Gasteiger partial charge in [-0.05, 0) is 43.1 Å². The molecule has 0 radical (unpaired) electrons. The summed E-state index contributed by atoms with van der Waals surface area (Å²) in [5.41, 5.74) is 4.17. The number of aromatic nitrogens is 1. The molecule has 1 fully saturated rings. The van der Waals surface area contributed by atoms with E-state index in [2.05, 4.69) is 9.88 Å². The summed E-state index contributed by atoms with van der Waals surface area (Å²) < 4.78 is 37.0. The van der Waals surface area contributed by atoms with Gasteiger partial charge in [-0.15, -0.1) is 0 Å². The van der Waals surface area contributed by atoms with E-state index in [1.807, 2.05) is 25.1 Å². The van der Waals surface area contributed by atoms with E-state index in [0.29, 0.717) is 12.5 Å². The number of fused-ring (bicyclic) bond motifs is 6. The number of rotatable bonds is 3. The summed E-state index contributed by atoms with van der Waals surface area (Å²) in [6.07, 6.45) is -4.01. The topological polar surface area (TPSA) is 103 Å². The number of aromatic amines is 1. The van der Waals surface area contributed by atoms with Gasteiger partial charge in [-0.1, -0.05) is 6.07 Å². The first-order valence-corrected chi connectivity index (χ1v) is 9.13. The second kappa shape index (κ2) is 8.03. The highest BCUT2D eigenvalue weighted by Gasteiger charge is 2.44. The van der Waals surface area contributed by atoms with Crippen molar-refractivity contribution in [3.63, 3.8) is 0 Å². The summed E-state index contributed by atoms with van der Waals surface area (Å²) in [6, 6.07) is 5.63. The number of nitrogens with zero attached hydrogens (tertiary/aromatic N) is 1. The third-order valence-electron chi connectivity index (χ3n) is 5.14. The molecule has 29 heavy (non-hydrogen) atoms. The van der Waals surface area contributed by atoms with Crippen LogP contribution in [0.4, 0.5) is 13.2 Å². The molecule has 3 heterocycles. The van der Waals surface area contributed by atoms with Crippen molar-refractivity contribution in [1.29, 1.82) is 0 Å². The van der Waals surface area contributed by atoms with Crippen LogP contribution in [0.5, 0.6) is 0 Å². The van der Waals surface area contributed by atoms with Gasteiger partial charge in [0.25, 0.3) is 0 Å². The fourth-order valence-corrected chi connectivity index (χ4v) is 3.96. The Balaban J connectivity index is 0.000000298. The van der Waals surface area contributed by atoms with Gasteiger partial charge in [-0.2, -0.15) is 13.2 Å². The molecule has 1 saturated heterocycles. The van der Waals surface area contributed by atoms with Gasteiger partial charge in [0.2, 0.25) is 0 Å². The number of ether oxygens (including phenoxy) is 1. The lowest BCUT2D eigenvalue weighted by Crippen LogP contribution is -2.37. The number of H-pyrrole nitrogens is 1. The summed E-state index contributed by atoms with van der Waals surface area (Å²) >= 11 is 0. The van der Waals surface area contributed by atoms with Crippen LogP contribution in [0, 0.1) is 0 Å². The number of alkyl halides is 3. The number of esters is 1. The molecule has 0 saturated carbocycles. The fraction of sp³-hybridized carbons (Fsp3) is 0.474. The Labute approximate surface area is 164 Å². The van der Waals surface area contributed by atoms with Crippen LogP contribution in [0.1, 0.15) is 42.1 Å². The molecule has 0 aliphatic carbocycles. The van der Waals surface area contributed by atoms with E-state index >= 15 is 0 Å². The predicted molar refractivity (Wildman–Crippen MR) is 96.2 cm³/mol. The Kier molecular flexibility index (Phi) is 5.85. The zero-order chi connectivity index (χ0) is 21.3. The molecule has 2 aromatic rings. The lowest BCUT2D eigenvalue weighted by molar-refractivity contribution is -0.192. The summed E-state index contributed by atoms with van der Waals surface area (Å²) in [6.45, 7) is 4.11. The number of hydrogen-bond donors (Lipinski definition) is 3. The molecular weight excluding hydrogens is 393 g/mol. The Bertz CT molecular complexity index is 924. The van der Waals surface area contributed by atoms with Crippen LogP contribution in [-0.2, 0) is 20.9 Å². The zero-order valence-corrected chi connectivity index (χ0v) is 15.6. The lowest BCUT2D eigenvalue weighted by Gasteiger charge is -2.30. The van der Waals surface area contributed by atoms with Crippen molar-refractivity contribution in [2.24, 2.45) is 0 Å². The van der Waals surface area contributed by atoms with Gasteiger partial charge in [0, 0.05) is 29.1 Å². The lowest BCUT2D eigenvalue weighted by atomic mass is 9.90. The quantitative estimate of drug-likeness (QED) is 0.668. The number of carboxylic acid groups (broad SMARTS) is 1. The molecule has 0 amide bonds. The van der Waals surface area contributed by atoms with Gasteiger partial charge in [-0.25, -0.2) is 9.59 Å². The molecule has 1 aromatic carbocycles. The van der Waals surface area contributed by atoms with E-state index in [1.165, 1.54) is 5.56 Å². The molecule has 10 heteroatoms. The van der Waals surface area contributed by atoms with Crippen molar-refractivity contribution >= 4 is 22.8 Å². The van der Waals surface area contributed by atoms with Crippen molar-refractivity contribution in [2.75, 3.05) is 19.7 Å². The minimum absolute atomic E-state index is 0.0357. The van der Waals surface area contributed by atoms with Crippen LogP contribution < -0.4 is 0 Å². The highest BCUT2D eigenvalue weighted by molar-refractivity contribution is 5.90. The van der Waals surface area contributed by atoms with Crippen LogP contribution >= 0.6 is 0 Å². The summed E-state index contributed by atoms with van der Waals surface area (Å²) in [7, 11) is 0. The van der Waals surface area contributed by atoms with E-state index in [9.17, 15) is 23.1 Å². The Morgan fingerprint density at radius 2 is 2.03 bits per heavy atom. The van der Waals surface area contributed by atoms with Gasteiger partial charge in [0.15, 0.2) is 0 Å². The highest BCUT2D eigenvalue weighted by atomic mass is 19.4. The second-order valence-electron chi connectivity index (χ2n) is 6.93. The third-order valence-corrected chi connectivity index (χ3v) is 5.14. The molecule has 2 aliphatic rings. The fourth-order valence-electron chi connectivity index (χ4n) is 3.96. The van der Waals surface area contributed by atoms with E-state index in [0.717, 1.165) is 41.7 Å². The highest BCUT2D eigenvalue weighted by Crippen LogP contribution is 2.46. The second-order valence-corrected chi connectivity index (χ2v) is 6.93. The van der Waals surface area contributed by atoms with Crippen molar-refractivity contribution in [3.8, 4) is 0 Å². The predicted octanol–water partition coefficient (Wildman–Crippen LogP) is 2.70. The SMILES string of the molecule is CCOC(=O)C1c2[nH]c3ccc(CO)cc3c2C2CCN1C2.O=C(O)C(F)(F)F. The minimum atomic E-state index is -5.08. The number of nitrogens with one attached hydrogen (secondary N) is 1. The van der Waals surface area contributed by atoms with E-state index in [1.54, 1.807) is 0 Å². The number of hydrogen-bond acceptors (Lipinski definition) is 5. The molecule has 158 valence electrons. The Morgan fingerprint density at radius 1 is 1.34 bits per heavy atom. The molecular formula is C19H21F3N2O5. The molecule has 1 aromatic heterocycles. The number of carboxylic acids is 1. The number of carbonyl (C=O) groups excluding carboxylic acids is 1. The number of benzene rings is 1. The minimum Gasteiger partial charge on any atom is -0.475 e. The van der Waals surface area contributed by atoms with E-state index < -0.39 is 12.1 Å². The van der Waals surface area contributed by atoms with Crippen LogP contribution in [0.2, 0.25) is 0 Å². The van der Waals surface area contributed by atoms with Gasteiger partial charge in [0.1, 0.15) is 6.04 Å². The van der Waals surface area contributed by atoms with Gasteiger partial charge in [0.05, 0.1) is 13.2 Å². The first kappa shape index (κ1) is 21.1. The Hall–Kier alpha value is -2.59. The molecule has 3 unspecified atom stereocenters. The van der Waals surface area contributed by atoms with Crippen LogP contribution in [0.25, 0.3) is 10.9 Å². The molecule has 7 nitrogen and oxygen atoms in total. The van der Waals surface area contributed by atoms with E-state index in [-0.39, 0.29) is 18.6 Å². The van der Waals surface area contributed by atoms with Gasteiger partial charge >= 0.3 is 18.1 Å². The largest absolute Gasteiger partial charge is 0.490 e. The molecule has 0 spiro atoms. The standard InChI is InChI=1S/C17H20N2O3.C2HF3O2/c1-2-22-17(21)16-15-14(11-5-6-19(16)8-11)12-7-10(9-20)3-4-13(12)18-15;3-2(4,5)1(6)7/h3-4,7,11,16,18,20H,2,5-6,8-9H2,1H3;(H,6,7). The van der Waals surface area contributed by atoms with Crippen LogP contribution in [-0.4, -0.2) is 57.9 Å². The third kappa shape index (κ3) is 4.08. The molecule has 4 rings (SSSR count). The average Bonchev–Trinajstić information content (AvgIpc) is 3.23. The number of halogens is 3. The maximum Gasteiger partial charge on any atom is 0.490 e. The van der Waals surface area contributed by atoms with Gasteiger partial charge < -0.3 is 19.9 Å². The summed E-state index contributed by atoms with van der Waals surface area (Å²) in [5.74, 6) is -2.46. The Morgan fingerprint density at radius 3 is 2.62 bits per heavy atom. The molecule has 3 atom stereocenters. The molecule has 2 aliphatic heterocycles. The zero-order valence-electron chi connectivity index (χ0n) is 15.6. The van der Waals surface area contributed by atoms with Crippen molar-refractivity contribution in [3.05, 3.63) is 35.0 Å². The van der Waals surface area contributed by atoms with Crippen LogP contribution in [0.15, 0.2) is 18.2 Å². The van der Waals surface area contributed by atoms with Crippen LogP contribution in [0.3, 0.4) is 0 Å². The van der Waals surface area contributed by atoms with E-state index in [4.69, 9.17) is 14.6 Å². The van der Waals surface area contributed by atoms with Crippen molar-refractivity contribution in [2.45, 2.75) is 38.1 Å². The van der Waals surface area contributed by atoms with Crippen molar-refractivity contribution < 1.29 is 37.7 Å². The number of carbonyl (C=O) groups is 2. The summed E-state index contributed by atoms with van der Waals surface area (Å²) in [4.78, 5) is 27.0. The molecule has 3 N–H and O–H groups in total. The normalized spacial score (nSPS) is 22.6. The number of aliphatic hydroxyl groups excluding tert-OH is 1. The number of aliphatic hydroxyl groups is 1. The monoisotopic (exact) mass is 414 g/mol. The summed E-state index contributed by atoms with van der Waals surface area (Å²) in [5, 5.41) is 17.7.